The van der Waals surface area contributed by atoms with E-state index in [0.29, 0.717) is 0 Å². The Hall–Kier alpha value is -1.06. The Morgan fingerprint density at radius 3 is 2.44 bits per heavy atom. The standard InChI is InChI=1S/C14H20ClNO2/c1-10(16)13(17)18-14(2,3)9-8-11-4-6-12(15)7-5-11/h4-7,10H,8-9,16H2,1-3H3. The van der Waals surface area contributed by atoms with E-state index in [2.05, 4.69) is 0 Å². The van der Waals surface area contributed by atoms with Crippen LogP contribution in [0.15, 0.2) is 24.3 Å². The molecule has 0 spiro atoms. The zero-order chi connectivity index (χ0) is 13.8. The van der Waals surface area contributed by atoms with Crippen molar-refractivity contribution in [2.75, 3.05) is 0 Å². The highest BCUT2D eigenvalue weighted by Gasteiger charge is 2.24. The number of nitrogens with two attached hydrogens (primary N) is 1. The highest BCUT2D eigenvalue weighted by molar-refractivity contribution is 6.30. The van der Waals surface area contributed by atoms with Crippen LogP contribution in [0, 0.1) is 0 Å². The number of halogens is 1. The second-order valence-corrected chi connectivity index (χ2v) is 5.53. The van der Waals surface area contributed by atoms with Crippen LogP contribution in [-0.4, -0.2) is 17.6 Å². The van der Waals surface area contributed by atoms with Crippen LogP contribution in [0.4, 0.5) is 0 Å². The van der Waals surface area contributed by atoms with Gasteiger partial charge in [-0.3, -0.25) is 4.79 Å². The van der Waals surface area contributed by atoms with Crippen molar-refractivity contribution in [3.8, 4) is 0 Å². The van der Waals surface area contributed by atoms with Crippen molar-refractivity contribution >= 4 is 17.6 Å². The van der Waals surface area contributed by atoms with Gasteiger partial charge in [0.2, 0.25) is 0 Å². The lowest BCUT2D eigenvalue weighted by molar-refractivity contribution is -0.158. The number of hydrogen-bond acceptors (Lipinski definition) is 3. The van der Waals surface area contributed by atoms with E-state index in [1.54, 1.807) is 6.92 Å². The van der Waals surface area contributed by atoms with E-state index in [-0.39, 0.29) is 5.97 Å². The summed E-state index contributed by atoms with van der Waals surface area (Å²) < 4.78 is 5.35. The molecule has 0 aliphatic rings. The van der Waals surface area contributed by atoms with Crippen LogP contribution in [0.1, 0.15) is 32.8 Å². The van der Waals surface area contributed by atoms with E-state index in [0.717, 1.165) is 17.9 Å². The van der Waals surface area contributed by atoms with Gasteiger partial charge in [0.05, 0.1) is 0 Å². The Balaban J connectivity index is 2.51. The van der Waals surface area contributed by atoms with Gasteiger partial charge < -0.3 is 10.5 Å². The van der Waals surface area contributed by atoms with Crippen LogP contribution in [0.3, 0.4) is 0 Å². The number of hydrogen-bond donors (Lipinski definition) is 1. The van der Waals surface area contributed by atoms with E-state index >= 15 is 0 Å². The van der Waals surface area contributed by atoms with Crippen LogP contribution in [0.2, 0.25) is 5.02 Å². The van der Waals surface area contributed by atoms with Crippen molar-refractivity contribution in [3.63, 3.8) is 0 Å². The SMILES string of the molecule is CC(N)C(=O)OC(C)(C)CCc1ccc(Cl)cc1. The van der Waals surface area contributed by atoms with Gasteiger partial charge in [0.15, 0.2) is 0 Å². The molecule has 0 amide bonds. The number of carbonyl (C=O) groups excluding carboxylic acids is 1. The van der Waals surface area contributed by atoms with Crippen LogP contribution in [0.5, 0.6) is 0 Å². The molecule has 0 aliphatic heterocycles. The summed E-state index contributed by atoms with van der Waals surface area (Å²) in [5, 5.41) is 0.724. The fraction of sp³-hybridized carbons (Fsp3) is 0.500. The number of esters is 1. The highest BCUT2D eigenvalue weighted by Crippen LogP contribution is 2.19. The molecule has 1 aromatic carbocycles. The Morgan fingerprint density at radius 1 is 1.39 bits per heavy atom. The van der Waals surface area contributed by atoms with E-state index in [1.165, 1.54) is 5.56 Å². The summed E-state index contributed by atoms with van der Waals surface area (Å²) in [6, 6.07) is 7.09. The van der Waals surface area contributed by atoms with Gasteiger partial charge in [-0.15, -0.1) is 0 Å². The van der Waals surface area contributed by atoms with Crippen molar-refractivity contribution in [2.24, 2.45) is 5.73 Å². The van der Waals surface area contributed by atoms with Gasteiger partial charge >= 0.3 is 5.97 Å². The molecule has 100 valence electrons. The van der Waals surface area contributed by atoms with E-state index in [9.17, 15) is 4.79 Å². The van der Waals surface area contributed by atoms with Gasteiger partial charge in [-0.1, -0.05) is 23.7 Å². The van der Waals surface area contributed by atoms with Crippen LogP contribution in [0.25, 0.3) is 0 Å². The minimum absolute atomic E-state index is 0.365. The molecule has 18 heavy (non-hydrogen) atoms. The van der Waals surface area contributed by atoms with Gasteiger partial charge in [0, 0.05) is 5.02 Å². The van der Waals surface area contributed by atoms with Gasteiger partial charge in [-0.25, -0.2) is 0 Å². The lowest BCUT2D eigenvalue weighted by Gasteiger charge is -2.26. The topological polar surface area (TPSA) is 52.3 Å². The lowest BCUT2D eigenvalue weighted by atomic mass is 9.98. The maximum absolute atomic E-state index is 11.4. The molecule has 0 fully saturated rings. The Morgan fingerprint density at radius 2 is 1.94 bits per heavy atom. The molecule has 0 saturated carbocycles. The fourth-order valence-electron chi connectivity index (χ4n) is 1.51. The molecule has 0 heterocycles. The summed E-state index contributed by atoms with van der Waals surface area (Å²) in [4.78, 5) is 11.4. The molecule has 3 nitrogen and oxygen atoms in total. The summed E-state index contributed by atoms with van der Waals surface area (Å²) in [6.07, 6.45) is 1.57. The molecule has 0 aromatic heterocycles. The molecule has 1 aromatic rings. The Kier molecular flexibility index (Phi) is 5.17. The molecule has 0 bridgehead atoms. The first kappa shape index (κ1) is 15.0. The third kappa shape index (κ3) is 5.07. The van der Waals surface area contributed by atoms with Crippen molar-refractivity contribution in [3.05, 3.63) is 34.9 Å². The molecule has 1 atom stereocenters. The number of benzene rings is 1. The Labute approximate surface area is 113 Å². The van der Waals surface area contributed by atoms with Crippen molar-refractivity contribution in [2.45, 2.75) is 45.3 Å². The van der Waals surface area contributed by atoms with Crippen LogP contribution < -0.4 is 5.73 Å². The monoisotopic (exact) mass is 269 g/mol. The third-order valence-electron chi connectivity index (χ3n) is 2.68. The molecule has 0 saturated heterocycles. The first-order valence-corrected chi connectivity index (χ1v) is 6.41. The lowest BCUT2D eigenvalue weighted by Crippen LogP contribution is -2.37. The molecular formula is C14H20ClNO2. The predicted molar refractivity (Wildman–Crippen MR) is 73.6 cm³/mol. The number of ether oxygens (including phenoxy) is 1. The first-order valence-electron chi connectivity index (χ1n) is 6.03. The minimum Gasteiger partial charge on any atom is -0.459 e. The second-order valence-electron chi connectivity index (χ2n) is 5.10. The number of carbonyl (C=O) groups is 1. The van der Waals surface area contributed by atoms with Gasteiger partial charge in [0.1, 0.15) is 11.6 Å². The van der Waals surface area contributed by atoms with E-state index < -0.39 is 11.6 Å². The van der Waals surface area contributed by atoms with Crippen molar-refractivity contribution in [1.29, 1.82) is 0 Å². The molecule has 1 rings (SSSR count). The average molecular weight is 270 g/mol. The number of rotatable bonds is 5. The first-order chi connectivity index (χ1) is 8.30. The molecular weight excluding hydrogens is 250 g/mol. The summed E-state index contributed by atoms with van der Waals surface area (Å²) in [7, 11) is 0. The second kappa shape index (κ2) is 6.21. The summed E-state index contributed by atoms with van der Waals surface area (Å²) >= 11 is 5.82. The van der Waals surface area contributed by atoms with Crippen LogP contribution in [-0.2, 0) is 16.0 Å². The summed E-state index contributed by atoms with van der Waals surface area (Å²) in [6.45, 7) is 5.41. The van der Waals surface area contributed by atoms with Gasteiger partial charge in [-0.05, 0) is 51.3 Å². The normalized spacial score (nSPS) is 13.2. The van der Waals surface area contributed by atoms with Crippen molar-refractivity contribution < 1.29 is 9.53 Å². The zero-order valence-electron chi connectivity index (χ0n) is 11.1. The average Bonchev–Trinajstić information content (AvgIpc) is 2.27. The molecule has 4 heteroatoms. The highest BCUT2D eigenvalue weighted by atomic mass is 35.5. The molecule has 0 radical (unpaired) electrons. The smallest absolute Gasteiger partial charge is 0.323 e. The Bertz CT molecular complexity index is 399. The largest absolute Gasteiger partial charge is 0.459 e. The number of aryl methyl sites for hydroxylation is 1. The van der Waals surface area contributed by atoms with Crippen LogP contribution >= 0.6 is 11.6 Å². The summed E-state index contributed by atoms with van der Waals surface area (Å²) in [5.41, 5.74) is 6.14. The zero-order valence-corrected chi connectivity index (χ0v) is 11.8. The molecule has 1 unspecified atom stereocenters. The third-order valence-corrected chi connectivity index (χ3v) is 2.93. The predicted octanol–water partition coefficient (Wildman–Crippen LogP) is 2.94. The van der Waals surface area contributed by atoms with Gasteiger partial charge in [-0.2, -0.15) is 0 Å². The maximum atomic E-state index is 11.4. The minimum atomic E-state index is -0.584. The molecule has 0 aliphatic carbocycles. The quantitative estimate of drug-likeness (QED) is 0.836. The summed E-state index contributed by atoms with van der Waals surface area (Å²) in [5.74, 6) is -0.365. The fourth-order valence-corrected chi connectivity index (χ4v) is 1.64. The maximum Gasteiger partial charge on any atom is 0.323 e. The molecule has 2 N–H and O–H groups in total. The van der Waals surface area contributed by atoms with E-state index in [4.69, 9.17) is 22.1 Å². The van der Waals surface area contributed by atoms with E-state index in [1.807, 2.05) is 38.1 Å². The van der Waals surface area contributed by atoms with Gasteiger partial charge in [0.25, 0.3) is 0 Å². The van der Waals surface area contributed by atoms with Crippen molar-refractivity contribution in [1.82, 2.24) is 0 Å².